The molecule has 3 amide bonds. The highest BCUT2D eigenvalue weighted by atomic mass is 35.5. The summed E-state index contributed by atoms with van der Waals surface area (Å²) in [5.74, 6) is -1.20. The number of aryl methyl sites for hydroxylation is 1. The second-order valence-corrected chi connectivity index (χ2v) is 11.1. The molecule has 1 heterocycles. The van der Waals surface area contributed by atoms with Gasteiger partial charge in [-0.15, -0.1) is 0 Å². The molecule has 0 fully saturated rings. The van der Waals surface area contributed by atoms with Gasteiger partial charge >= 0.3 is 5.97 Å². The molecule has 1 aromatic heterocycles. The summed E-state index contributed by atoms with van der Waals surface area (Å²) >= 11 is 13.2. The summed E-state index contributed by atoms with van der Waals surface area (Å²) < 4.78 is 10.7. The molecule has 0 bridgehead atoms. The van der Waals surface area contributed by atoms with E-state index in [1.54, 1.807) is 49.5 Å². The van der Waals surface area contributed by atoms with Crippen molar-refractivity contribution in [2.24, 2.45) is 0 Å². The highest BCUT2D eigenvalue weighted by molar-refractivity contribution is 6.38. The van der Waals surface area contributed by atoms with Crippen molar-refractivity contribution in [2.45, 2.75) is 13.5 Å². The van der Waals surface area contributed by atoms with Crippen molar-refractivity contribution in [1.82, 2.24) is 15.2 Å². The van der Waals surface area contributed by atoms with Gasteiger partial charge in [-0.2, -0.15) is 0 Å². The minimum absolute atomic E-state index is 0.0448. The lowest BCUT2D eigenvalue weighted by molar-refractivity contribution is -0.141. The van der Waals surface area contributed by atoms with Gasteiger partial charge in [-0.3, -0.25) is 19.2 Å². The van der Waals surface area contributed by atoms with Gasteiger partial charge < -0.3 is 24.6 Å². The third-order valence-electron chi connectivity index (χ3n) is 7.03. The molecular weight excluding hydrogens is 631 g/mol. The number of carbonyl (C=O) groups is 4. The second kappa shape index (κ2) is 15.4. The molecule has 0 saturated carbocycles. The minimum Gasteiger partial charge on any atom is -0.487 e. The van der Waals surface area contributed by atoms with Crippen LogP contribution in [0.1, 0.15) is 27.2 Å². The first-order valence-corrected chi connectivity index (χ1v) is 14.8. The lowest BCUT2D eigenvalue weighted by atomic mass is 10.1. The number of amides is 3. The Morgan fingerprint density at radius 3 is 2.41 bits per heavy atom. The van der Waals surface area contributed by atoms with Gasteiger partial charge in [0.2, 0.25) is 11.8 Å². The number of aromatic nitrogens is 1. The van der Waals surface area contributed by atoms with E-state index < -0.39 is 17.8 Å². The van der Waals surface area contributed by atoms with Crippen molar-refractivity contribution in [1.29, 1.82) is 0 Å². The number of anilines is 1. The van der Waals surface area contributed by atoms with E-state index in [9.17, 15) is 19.2 Å². The van der Waals surface area contributed by atoms with Crippen molar-refractivity contribution in [3.63, 3.8) is 0 Å². The lowest BCUT2D eigenvalue weighted by Crippen LogP contribution is -2.37. The van der Waals surface area contributed by atoms with Gasteiger partial charge in [-0.05, 0) is 55.0 Å². The SMILES string of the molecule is COC(=O)CN(C)C(=O)c1ccc(/C=C/C(=O)NCC(=O)N(C)c2ccc(Cl)c(COc3cccc4ccc(C)nc34)c2Cl)cc1. The number of likely N-dealkylation sites (N-methyl/N-ethyl adjacent to an activating group) is 2. The number of esters is 1. The van der Waals surface area contributed by atoms with Crippen LogP contribution in [-0.4, -0.2) is 67.9 Å². The maximum Gasteiger partial charge on any atom is 0.325 e. The number of pyridine rings is 1. The molecule has 4 aromatic rings. The molecule has 0 atom stereocenters. The summed E-state index contributed by atoms with van der Waals surface area (Å²) in [6, 6.07) is 19.3. The van der Waals surface area contributed by atoms with Crippen LogP contribution in [0.3, 0.4) is 0 Å². The summed E-state index contributed by atoms with van der Waals surface area (Å²) in [4.78, 5) is 56.4. The van der Waals surface area contributed by atoms with Crippen molar-refractivity contribution >= 4 is 69.6 Å². The first-order chi connectivity index (χ1) is 22.0. The molecule has 0 aliphatic heterocycles. The van der Waals surface area contributed by atoms with Gasteiger partial charge in [0.1, 0.15) is 24.4 Å². The molecule has 0 aliphatic carbocycles. The van der Waals surface area contributed by atoms with Gasteiger partial charge in [0.25, 0.3) is 5.91 Å². The molecule has 1 N–H and O–H groups in total. The van der Waals surface area contributed by atoms with Crippen LogP contribution in [-0.2, 0) is 25.7 Å². The maximum absolute atomic E-state index is 13.0. The topological polar surface area (TPSA) is 118 Å². The molecule has 46 heavy (non-hydrogen) atoms. The Morgan fingerprint density at radius 2 is 1.70 bits per heavy atom. The molecule has 3 aromatic carbocycles. The zero-order valence-corrected chi connectivity index (χ0v) is 27.2. The Kier molecular flexibility index (Phi) is 11.3. The Bertz CT molecular complexity index is 1810. The van der Waals surface area contributed by atoms with Crippen molar-refractivity contribution < 1.29 is 28.7 Å². The van der Waals surface area contributed by atoms with E-state index in [1.807, 2.05) is 37.3 Å². The second-order valence-electron chi connectivity index (χ2n) is 10.3. The quantitative estimate of drug-likeness (QED) is 0.167. The largest absolute Gasteiger partial charge is 0.487 e. The van der Waals surface area contributed by atoms with Gasteiger partial charge in [-0.1, -0.05) is 53.5 Å². The predicted molar refractivity (Wildman–Crippen MR) is 178 cm³/mol. The van der Waals surface area contributed by atoms with E-state index in [2.05, 4.69) is 15.0 Å². The van der Waals surface area contributed by atoms with E-state index in [-0.39, 0.29) is 30.6 Å². The van der Waals surface area contributed by atoms with E-state index >= 15 is 0 Å². The summed E-state index contributed by atoms with van der Waals surface area (Å²) in [6.45, 7) is 1.49. The fourth-order valence-corrected chi connectivity index (χ4v) is 5.00. The number of rotatable bonds is 11. The molecule has 0 unspecified atom stereocenters. The van der Waals surface area contributed by atoms with Gasteiger partial charge in [0, 0.05) is 47.4 Å². The van der Waals surface area contributed by atoms with E-state index in [1.165, 1.54) is 30.0 Å². The molecule has 238 valence electrons. The molecular formula is C34H32Cl2N4O6. The van der Waals surface area contributed by atoms with Crippen molar-refractivity contribution in [3.8, 4) is 5.75 Å². The van der Waals surface area contributed by atoms with Crippen LogP contribution >= 0.6 is 23.2 Å². The monoisotopic (exact) mass is 662 g/mol. The lowest BCUT2D eigenvalue weighted by Gasteiger charge is -2.21. The van der Waals surface area contributed by atoms with Crippen LogP contribution in [0.2, 0.25) is 10.0 Å². The number of para-hydroxylation sites is 1. The highest BCUT2D eigenvalue weighted by Crippen LogP contribution is 2.35. The average molecular weight is 664 g/mol. The summed E-state index contributed by atoms with van der Waals surface area (Å²) in [7, 11) is 4.30. The highest BCUT2D eigenvalue weighted by Gasteiger charge is 2.20. The predicted octanol–water partition coefficient (Wildman–Crippen LogP) is 5.47. The maximum atomic E-state index is 13.0. The van der Waals surface area contributed by atoms with Crippen LogP contribution in [0.5, 0.6) is 5.75 Å². The number of hydrogen-bond donors (Lipinski definition) is 1. The van der Waals surface area contributed by atoms with Gasteiger partial charge in [0.05, 0.1) is 24.4 Å². The normalized spacial score (nSPS) is 10.9. The molecule has 10 nitrogen and oxygen atoms in total. The molecule has 0 radical (unpaired) electrons. The number of halogens is 2. The zero-order valence-electron chi connectivity index (χ0n) is 25.7. The average Bonchev–Trinajstić information content (AvgIpc) is 3.05. The van der Waals surface area contributed by atoms with Crippen molar-refractivity contribution in [3.05, 3.63) is 105 Å². The summed E-state index contributed by atoms with van der Waals surface area (Å²) in [5.41, 5.74) is 3.50. The number of methoxy groups -OCH3 is 1. The number of nitrogens with one attached hydrogen (secondary N) is 1. The van der Waals surface area contributed by atoms with Crippen molar-refractivity contribution in [2.75, 3.05) is 39.2 Å². The Labute approximate surface area is 276 Å². The fourth-order valence-electron chi connectivity index (χ4n) is 4.39. The molecule has 0 saturated heterocycles. The molecule has 0 aliphatic rings. The number of ether oxygens (including phenoxy) is 2. The Hall–Kier alpha value is -4.93. The van der Waals surface area contributed by atoms with E-state index in [4.69, 9.17) is 27.9 Å². The Morgan fingerprint density at radius 1 is 0.957 bits per heavy atom. The number of fused-ring (bicyclic) bond motifs is 1. The number of nitrogens with zero attached hydrogens (tertiary/aromatic N) is 3. The van der Waals surface area contributed by atoms with Crippen LogP contribution in [0, 0.1) is 6.92 Å². The van der Waals surface area contributed by atoms with Crippen LogP contribution in [0.4, 0.5) is 5.69 Å². The fraction of sp³-hybridized carbons (Fsp3) is 0.206. The molecule has 0 spiro atoms. The minimum atomic E-state index is -0.525. The van der Waals surface area contributed by atoms with Gasteiger partial charge in [0.15, 0.2) is 0 Å². The Balaban J connectivity index is 1.34. The summed E-state index contributed by atoms with van der Waals surface area (Å²) in [5, 5.41) is 4.12. The first-order valence-electron chi connectivity index (χ1n) is 14.1. The molecule has 12 heteroatoms. The summed E-state index contributed by atoms with van der Waals surface area (Å²) in [6.07, 6.45) is 2.83. The first kappa shape index (κ1) is 34.0. The van der Waals surface area contributed by atoms with Crippen LogP contribution in [0.15, 0.2) is 72.8 Å². The smallest absolute Gasteiger partial charge is 0.325 e. The zero-order chi connectivity index (χ0) is 33.4. The standard InChI is InChI=1S/C34H32Cl2N4O6/c1-21-8-12-23-6-5-7-28(33(23)38-21)46-20-25-26(35)15-16-27(32(25)36)40(3)30(42)18-37-29(41)17-11-22-9-13-24(14-10-22)34(44)39(2)19-31(43)45-4/h5-17H,18-20H2,1-4H3,(H,37,41)/b17-11+. The van der Waals surface area contributed by atoms with Crippen LogP contribution < -0.4 is 15.0 Å². The van der Waals surface area contributed by atoms with Gasteiger partial charge in [-0.25, -0.2) is 4.98 Å². The number of benzene rings is 3. The van der Waals surface area contributed by atoms with E-state index in [0.717, 1.165) is 16.6 Å². The van der Waals surface area contributed by atoms with Crippen LogP contribution in [0.25, 0.3) is 17.0 Å². The number of carbonyl (C=O) groups excluding carboxylic acids is 4. The number of hydrogen-bond acceptors (Lipinski definition) is 7. The van der Waals surface area contributed by atoms with E-state index in [0.29, 0.717) is 33.1 Å². The third kappa shape index (κ3) is 8.41. The molecule has 4 rings (SSSR count). The third-order valence-corrected chi connectivity index (χ3v) is 7.81.